The first-order chi connectivity index (χ1) is 7.08. The summed E-state index contributed by atoms with van der Waals surface area (Å²) in [5, 5.41) is 0. The van der Waals surface area contributed by atoms with Gasteiger partial charge in [0.05, 0.1) is 0 Å². The van der Waals surface area contributed by atoms with Gasteiger partial charge in [-0.2, -0.15) is 0 Å². The lowest BCUT2D eigenvalue weighted by molar-refractivity contribution is -0.139. The third-order valence-electron chi connectivity index (χ3n) is 1.76. The molecule has 0 radical (unpaired) electrons. The summed E-state index contributed by atoms with van der Waals surface area (Å²) >= 11 is 0. The third kappa shape index (κ3) is 4.40. The van der Waals surface area contributed by atoms with E-state index >= 15 is 0 Å². The molecular weight excluding hydrogens is 195 g/mol. The number of benzene rings is 1. The van der Waals surface area contributed by atoms with E-state index in [1.54, 1.807) is 18.2 Å². The fourth-order valence-corrected chi connectivity index (χ4v) is 1.14. The minimum Gasteiger partial charge on any atom is -0.461 e. The maximum atomic E-state index is 12.8. The van der Waals surface area contributed by atoms with Crippen LogP contribution < -0.4 is 0 Å². The number of carbonyl (C=O) groups is 1. The van der Waals surface area contributed by atoms with Crippen molar-refractivity contribution in [3.63, 3.8) is 0 Å². The summed E-state index contributed by atoms with van der Waals surface area (Å²) in [7, 11) is 0. The van der Waals surface area contributed by atoms with E-state index in [0.29, 0.717) is 0 Å². The van der Waals surface area contributed by atoms with Gasteiger partial charge in [0.25, 0.3) is 0 Å². The molecule has 1 aromatic rings. The van der Waals surface area contributed by atoms with E-state index in [4.69, 9.17) is 4.74 Å². The maximum Gasteiger partial charge on any atom is 0.302 e. The van der Waals surface area contributed by atoms with Crippen LogP contribution in [-0.2, 0) is 9.53 Å². The molecule has 0 saturated carbocycles. The Bertz CT molecular complexity index is 383. The van der Waals surface area contributed by atoms with Gasteiger partial charge < -0.3 is 4.74 Å². The summed E-state index contributed by atoms with van der Waals surface area (Å²) in [6, 6.07) is 6.25. The Kier molecular flexibility index (Phi) is 4.03. The van der Waals surface area contributed by atoms with Crippen LogP contribution in [0.15, 0.2) is 29.8 Å². The third-order valence-corrected chi connectivity index (χ3v) is 1.76. The lowest BCUT2D eigenvalue weighted by Crippen LogP contribution is -2.01. The first-order valence-corrected chi connectivity index (χ1v) is 4.64. The van der Waals surface area contributed by atoms with Gasteiger partial charge in [-0.15, -0.1) is 0 Å². The summed E-state index contributed by atoms with van der Waals surface area (Å²) in [4.78, 5) is 10.5. The molecule has 0 heterocycles. The van der Waals surface area contributed by atoms with E-state index < -0.39 is 0 Å². The van der Waals surface area contributed by atoms with E-state index in [-0.39, 0.29) is 18.4 Å². The number of hydrogen-bond donors (Lipinski definition) is 0. The van der Waals surface area contributed by atoms with Crippen LogP contribution in [0.5, 0.6) is 0 Å². The minimum absolute atomic E-state index is 0.242. The molecule has 1 rings (SSSR count). The first-order valence-electron chi connectivity index (χ1n) is 4.64. The van der Waals surface area contributed by atoms with E-state index in [1.165, 1.54) is 19.1 Å². The van der Waals surface area contributed by atoms with Crippen molar-refractivity contribution in [2.24, 2.45) is 0 Å². The SMILES string of the molecule is CC(=O)OC/C(C)=C/c1cccc(F)c1. The lowest BCUT2D eigenvalue weighted by Gasteiger charge is -2.02. The van der Waals surface area contributed by atoms with E-state index in [2.05, 4.69) is 0 Å². The molecule has 0 saturated heterocycles. The highest BCUT2D eigenvalue weighted by atomic mass is 19.1. The molecule has 0 unspecified atom stereocenters. The quantitative estimate of drug-likeness (QED) is 0.714. The molecule has 0 atom stereocenters. The molecule has 2 nitrogen and oxygen atoms in total. The number of esters is 1. The Morgan fingerprint density at radius 3 is 2.80 bits per heavy atom. The summed E-state index contributed by atoms with van der Waals surface area (Å²) in [5.41, 5.74) is 1.63. The second-order valence-electron chi connectivity index (χ2n) is 3.33. The normalized spacial score (nSPS) is 11.3. The second-order valence-corrected chi connectivity index (χ2v) is 3.33. The fraction of sp³-hybridized carbons (Fsp3) is 0.250. The second kappa shape index (κ2) is 5.29. The Labute approximate surface area is 88.4 Å². The Hall–Kier alpha value is -1.64. The van der Waals surface area contributed by atoms with Crippen LogP contribution in [0.25, 0.3) is 6.08 Å². The lowest BCUT2D eigenvalue weighted by atomic mass is 10.1. The molecule has 15 heavy (non-hydrogen) atoms. The number of rotatable bonds is 3. The van der Waals surface area contributed by atoms with E-state index in [1.807, 2.05) is 6.92 Å². The molecule has 3 heteroatoms. The molecule has 0 N–H and O–H groups in total. The number of hydrogen-bond acceptors (Lipinski definition) is 2. The first kappa shape index (κ1) is 11.4. The standard InChI is InChI=1S/C12H13FO2/c1-9(8-15-10(2)14)6-11-4-3-5-12(13)7-11/h3-7H,8H2,1-2H3/b9-6+. The zero-order chi connectivity index (χ0) is 11.3. The monoisotopic (exact) mass is 208 g/mol. The van der Waals surface area contributed by atoms with Crippen LogP contribution in [0.4, 0.5) is 4.39 Å². The molecule has 0 aliphatic heterocycles. The Balaban J connectivity index is 2.65. The van der Waals surface area contributed by atoms with Gasteiger partial charge in [-0.25, -0.2) is 4.39 Å². The van der Waals surface area contributed by atoms with Gasteiger partial charge in [0.1, 0.15) is 12.4 Å². The van der Waals surface area contributed by atoms with Crippen LogP contribution in [0.2, 0.25) is 0 Å². The van der Waals surface area contributed by atoms with Gasteiger partial charge in [0.15, 0.2) is 0 Å². The topological polar surface area (TPSA) is 26.3 Å². The van der Waals surface area contributed by atoms with Gasteiger partial charge in [-0.05, 0) is 30.2 Å². The molecule has 0 spiro atoms. The van der Waals surface area contributed by atoms with Crippen LogP contribution >= 0.6 is 0 Å². The predicted molar refractivity (Wildman–Crippen MR) is 56.7 cm³/mol. The minimum atomic E-state index is -0.318. The van der Waals surface area contributed by atoms with Crippen molar-refractivity contribution < 1.29 is 13.9 Å². The number of carbonyl (C=O) groups excluding carboxylic acids is 1. The number of halogens is 1. The van der Waals surface area contributed by atoms with E-state index in [0.717, 1.165) is 11.1 Å². The average Bonchev–Trinajstić information content (AvgIpc) is 2.15. The largest absolute Gasteiger partial charge is 0.461 e. The van der Waals surface area contributed by atoms with Crippen molar-refractivity contribution in [2.45, 2.75) is 13.8 Å². The zero-order valence-electron chi connectivity index (χ0n) is 8.79. The van der Waals surface area contributed by atoms with Crippen molar-refractivity contribution in [2.75, 3.05) is 6.61 Å². The smallest absolute Gasteiger partial charge is 0.302 e. The summed E-state index contributed by atoms with van der Waals surface area (Å²) in [6.07, 6.45) is 1.78. The van der Waals surface area contributed by atoms with Crippen LogP contribution in [-0.4, -0.2) is 12.6 Å². The molecule has 0 aliphatic carbocycles. The molecule has 0 bridgehead atoms. The molecule has 0 aliphatic rings. The van der Waals surface area contributed by atoms with Crippen LogP contribution in [0.1, 0.15) is 19.4 Å². The molecule has 1 aromatic carbocycles. The van der Waals surface area contributed by atoms with Crippen LogP contribution in [0, 0.1) is 5.82 Å². The average molecular weight is 208 g/mol. The summed E-state index contributed by atoms with van der Waals surface area (Å²) < 4.78 is 17.6. The van der Waals surface area contributed by atoms with Gasteiger partial charge >= 0.3 is 5.97 Å². The van der Waals surface area contributed by atoms with Gasteiger partial charge in [-0.1, -0.05) is 18.2 Å². The number of ether oxygens (including phenoxy) is 1. The molecular formula is C12H13FO2. The Morgan fingerprint density at radius 1 is 1.47 bits per heavy atom. The van der Waals surface area contributed by atoms with Crippen molar-refractivity contribution >= 4 is 12.0 Å². The maximum absolute atomic E-state index is 12.8. The predicted octanol–water partition coefficient (Wildman–Crippen LogP) is 2.79. The van der Waals surface area contributed by atoms with Gasteiger partial charge in [-0.3, -0.25) is 4.79 Å². The summed E-state index contributed by atoms with van der Waals surface area (Å²) in [6.45, 7) is 3.43. The van der Waals surface area contributed by atoms with Crippen molar-refractivity contribution in [3.05, 3.63) is 41.2 Å². The molecule has 0 fully saturated rings. The highest BCUT2D eigenvalue weighted by Gasteiger charge is 1.96. The highest BCUT2D eigenvalue weighted by molar-refractivity contribution is 5.66. The van der Waals surface area contributed by atoms with Crippen molar-refractivity contribution in [3.8, 4) is 0 Å². The molecule has 0 aromatic heterocycles. The van der Waals surface area contributed by atoms with Gasteiger partial charge in [0.2, 0.25) is 0 Å². The summed E-state index contributed by atoms with van der Waals surface area (Å²) in [5.74, 6) is -0.592. The van der Waals surface area contributed by atoms with Crippen molar-refractivity contribution in [1.29, 1.82) is 0 Å². The van der Waals surface area contributed by atoms with Gasteiger partial charge in [0, 0.05) is 6.92 Å². The fourth-order valence-electron chi connectivity index (χ4n) is 1.14. The van der Waals surface area contributed by atoms with E-state index in [9.17, 15) is 9.18 Å². The van der Waals surface area contributed by atoms with Crippen LogP contribution in [0.3, 0.4) is 0 Å². The molecule has 0 amide bonds. The zero-order valence-corrected chi connectivity index (χ0v) is 8.79. The van der Waals surface area contributed by atoms with Crippen molar-refractivity contribution in [1.82, 2.24) is 0 Å². The Morgan fingerprint density at radius 2 is 2.20 bits per heavy atom. The molecule has 80 valence electrons. The highest BCUT2D eigenvalue weighted by Crippen LogP contribution is 2.08.